The van der Waals surface area contributed by atoms with Gasteiger partial charge < -0.3 is 5.32 Å². The fourth-order valence-corrected chi connectivity index (χ4v) is 2.90. The minimum Gasteiger partial charge on any atom is -0.310 e. The quantitative estimate of drug-likeness (QED) is 0.798. The Morgan fingerprint density at radius 1 is 1.40 bits per heavy atom. The Labute approximate surface area is 125 Å². The van der Waals surface area contributed by atoms with Gasteiger partial charge in [-0.25, -0.2) is 12.8 Å². The van der Waals surface area contributed by atoms with Gasteiger partial charge in [-0.1, -0.05) is 30.7 Å². The number of halogens is 2. The van der Waals surface area contributed by atoms with Crippen molar-refractivity contribution >= 4 is 21.4 Å². The SMILES string of the molecule is CCCNC(CCCS(C)(=O)=O)c1cccc(Cl)c1F. The maximum atomic E-state index is 14.1. The highest BCUT2D eigenvalue weighted by molar-refractivity contribution is 7.90. The fraction of sp³-hybridized carbons (Fsp3) is 0.571. The highest BCUT2D eigenvalue weighted by Crippen LogP contribution is 2.26. The molecule has 20 heavy (non-hydrogen) atoms. The smallest absolute Gasteiger partial charge is 0.147 e. The molecule has 0 bridgehead atoms. The van der Waals surface area contributed by atoms with Crippen molar-refractivity contribution in [1.29, 1.82) is 0 Å². The molecule has 0 aromatic heterocycles. The molecule has 0 fully saturated rings. The number of nitrogens with one attached hydrogen (secondary N) is 1. The predicted octanol–water partition coefficient (Wildman–Crippen LogP) is 3.34. The summed E-state index contributed by atoms with van der Waals surface area (Å²) in [5, 5.41) is 3.34. The lowest BCUT2D eigenvalue weighted by Gasteiger charge is -2.20. The van der Waals surface area contributed by atoms with Gasteiger partial charge in [0.25, 0.3) is 0 Å². The van der Waals surface area contributed by atoms with Crippen LogP contribution in [-0.2, 0) is 9.84 Å². The van der Waals surface area contributed by atoms with Crippen LogP contribution in [0.1, 0.15) is 37.8 Å². The molecule has 6 heteroatoms. The average molecular weight is 322 g/mol. The van der Waals surface area contributed by atoms with Gasteiger partial charge in [0.1, 0.15) is 15.7 Å². The van der Waals surface area contributed by atoms with Crippen LogP contribution in [-0.4, -0.2) is 27.0 Å². The topological polar surface area (TPSA) is 46.2 Å². The Morgan fingerprint density at radius 3 is 2.70 bits per heavy atom. The van der Waals surface area contributed by atoms with Crippen LogP contribution in [0.2, 0.25) is 5.02 Å². The van der Waals surface area contributed by atoms with Crippen molar-refractivity contribution in [3.63, 3.8) is 0 Å². The number of benzene rings is 1. The third-order valence-corrected chi connectivity index (χ3v) is 4.33. The summed E-state index contributed by atoms with van der Waals surface area (Å²) < 4.78 is 36.4. The third-order valence-electron chi connectivity index (χ3n) is 3.01. The molecule has 1 unspecified atom stereocenters. The first-order chi connectivity index (χ1) is 9.35. The summed E-state index contributed by atoms with van der Waals surface area (Å²) in [5.74, 6) is -0.318. The first kappa shape index (κ1) is 17.4. The maximum absolute atomic E-state index is 14.1. The summed E-state index contributed by atoms with van der Waals surface area (Å²) >= 11 is 5.80. The summed E-state index contributed by atoms with van der Waals surface area (Å²) in [6, 6.07) is 4.69. The lowest BCUT2D eigenvalue weighted by atomic mass is 10.0. The van der Waals surface area contributed by atoms with Gasteiger partial charge in [0.2, 0.25) is 0 Å². The van der Waals surface area contributed by atoms with E-state index in [0.29, 0.717) is 18.4 Å². The van der Waals surface area contributed by atoms with Crippen molar-refractivity contribution in [2.45, 2.75) is 32.2 Å². The van der Waals surface area contributed by atoms with E-state index in [1.807, 2.05) is 6.92 Å². The second-order valence-electron chi connectivity index (χ2n) is 4.92. The minimum absolute atomic E-state index is 0.0916. The Bertz CT molecular complexity index is 534. The molecule has 0 heterocycles. The zero-order valence-electron chi connectivity index (χ0n) is 11.8. The van der Waals surface area contributed by atoms with Crippen molar-refractivity contribution in [2.24, 2.45) is 0 Å². The van der Waals surface area contributed by atoms with Gasteiger partial charge in [0, 0.05) is 23.6 Å². The molecule has 1 aromatic carbocycles. The molecule has 1 N–H and O–H groups in total. The molecule has 114 valence electrons. The third kappa shape index (κ3) is 5.77. The van der Waals surface area contributed by atoms with Gasteiger partial charge in [0.05, 0.1) is 5.02 Å². The van der Waals surface area contributed by atoms with Crippen molar-refractivity contribution in [3.05, 3.63) is 34.6 Å². The average Bonchev–Trinajstić information content (AvgIpc) is 2.36. The van der Waals surface area contributed by atoms with Gasteiger partial charge in [-0.2, -0.15) is 0 Å². The number of hydrogen-bond acceptors (Lipinski definition) is 3. The van der Waals surface area contributed by atoms with Gasteiger partial charge >= 0.3 is 0 Å². The highest BCUT2D eigenvalue weighted by Gasteiger charge is 2.17. The summed E-state index contributed by atoms with van der Waals surface area (Å²) in [4.78, 5) is 0. The first-order valence-corrected chi connectivity index (χ1v) is 9.14. The first-order valence-electron chi connectivity index (χ1n) is 6.70. The van der Waals surface area contributed by atoms with Crippen LogP contribution in [0.3, 0.4) is 0 Å². The lowest BCUT2D eigenvalue weighted by molar-refractivity contribution is 0.469. The second-order valence-corrected chi connectivity index (χ2v) is 7.59. The summed E-state index contributed by atoms with van der Waals surface area (Å²) in [6.45, 7) is 2.77. The number of sulfone groups is 1. The van der Waals surface area contributed by atoms with E-state index in [4.69, 9.17) is 11.6 Å². The maximum Gasteiger partial charge on any atom is 0.147 e. The van der Waals surface area contributed by atoms with Crippen LogP contribution >= 0.6 is 11.6 Å². The van der Waals surface area contributed by atoms with Crippen LogP contribution in [0, 0.1) is 5.82 Å². The summed E-state index contributed by atoms with van der Waals surface area (Å²) in [6.07, 6.45) is 3.18. The highest BCUT2D eigenvalue weighted by atomic mass is 35.5. The summed E-state index contributed by atoms with van der Waals surface area (Å²) in [7, 11) is -2.99. The molecule has 0 aliphatic carbocycles. The lowest BCUT2D eigenvalue weighted by Crippen LogP contribution is -2.24. The minimum atomic E-state index is -2.99. The van der Waals surface area contributed by atoms with Gasteiger partial charge in [-0.3, -0.25) is 0 Å². The van der Waals surface area contributed by atoms with E-state index in [0.717, 1.165) is 13.0 Å². The van der Waals surface area contributed by atoms with Crippen molar-refractivity contribution < 1.29 is 12.8 Å². The Balaban J connectivity index is 2.80. The van der Waals surface area contributed by atoms with Gasteiger partial charge in [0.15, 0.2) is 0 Å². The molecule has 0 saturated heterocycles. The fourth-order valence-electron chi connectivity index (χ4n) is 2.03. The molecule has 1 atom stereocenters. The van der Waals surface area contributed by atoms with E-state index in [9.17, 15) is 12.8 Å². The van der Waals surface area contributed by atoms with Crippen LogP contribution < -0.4 is 5.32 Å². The van der Waals surface area contributed by atoms with E-state index in [2.05, 4.69) is 5.32 Å². The Hall–Kier alpha value is -0.650. The molecule has 1 aromatic rings. The van der Waals surface area contributed by atoms with Crippen molar-refractivity contribution in [1.82, 2.24) is 5.32 Å². The van der Waals surface area contributed by atoms with E-state index >= 15 is 0 Å². The molecule has 0 radical (unpaired) electrons. The number of hydrogen-bond donors (Lipinski definition) is 1. The molecular formula is C14H21ClFNO2S. The molecular weight excluding hydrogens is 301 g/mol. The van der Waals surface area contributed by atoms with E-state index < -0.39 is 15.7 Å². The van der Waals surface area contributed by atoms with Crippen LogP contribution in [0.5, 0.6) is 0 Å². The van der Waals surface area contributed by atoms with Crippen LogP contribution in [0.25, 0.3) is 0 Å². The zero-order chi connectivity index (χ0) is 15.2. The van der Waals surface area contributed by atoms with Crippen molar-refractivity contribution in [2.75, 3.05) is 18.6 Å². The molecule has 1 rings (SSSR count). The zero-order valence-corrected chi connectivity index (χ0v) is 13.4. The standard InChI is InChI=1S/C14H21ClFNO2S/c1-3-9-17-13(8-5-10-20(2,18)19)11-6-4-7-12(15)14(11)16/h4,6-7,13,17H,3,5,8-10H2,1-2H3. The van der Waals surface area contributed by atoms with E-state index in [1.54, 1.807) is 12.1 Å². The Morgan fingerprint density at radius 2 is 2.10 bits per heavy atom. The normalized spacial score (nSPS) is 13.4. The van der Waals surface area contributed by atoms with Crippen LogP contribution in [0.4, 0.5) is 4.39 Å². The molecule has 3 nitrogen and oxygen atoms in total. The molecule has 0 saturated carbocycles. The van der Waals surface area contributed by atoms with Gasteiger partial charge in [-0.05, 0) is 31.9 Å². The monoisotopic (exact) mass is 321 g/mol. The van der Waals surface area contributed by atoms with E-state index in [1.165, 1.54) is 12.3 Å². The molecule has 0 spiro atoms. The Kier molecular flexibility index (Phi) is 6.92. The molecule has 0 aliphatic rings. The predicted molar refractivity (Wildman–Crippen MR) is 81.4 cm³/mol. The largest absolute Gasteiger partial charge is 0.310 e. The van der Waals surface area contributed by atoms with Crippen molar-refractivity contribution in [3.8, 4) is 0 Å². The summed E-state index contributed by atoms with van der Waals surface area (Å²) in [5.41, 5.74) is 0.499. The number of rotatable bonds is 8. The van der Waals surface area contributed by atoms with E-state index in [-0.39, 0.29) is 16.8 Å². The van der Waals surface area contributed by atoms with Crippen LogP contribution in [0.15, 0.2) is 18.2 Å². The van der Waals surface area contributed by atoms with Gasteiger partial charge in [-0.15, -0.1) is 0 Å². The molecule has 0 aliphatic heterocycles. The second kappa shape index (κ2) is 7.96. The molecule has 0 amide bonds.